The van der Waals surface area contributed by atoms with Gasteiger partial charge in [-0.05, 0) is 31.7 Å². The smallest absolute Gasteiger partial charge is 0.326 e. The zero-order valence-corrected chi connectivity index (χ0v) is 19.8. The largest absolute Gasteiger partial charge is 0.480 e. The molecule has 4 atom stereocenters. The van der Waals surface area contributed by atoms with Gasteiger partial charge >= 0.3 is 5.97 Å². The number of hydrogen-bond acceptors (Lipinski definition) is 8. The Morgan fingerprint density at radius 2 is 1.67 bits per heavy atom. The van der Waals surface area contributed by atoms with Crippen molar-refractivity contribution < 1.29 is 24.3 Å². The van der Waals surface area contributed by atoms with E-state index in [-0.39, 0.29) is 24.5 Å². The molecule has 13 heteroatoms. The predicted octanol–water partition coefficient (Wildman–Crippen LogP) is -1.47. The number of carbonyl (C=O) groups is 4. The Morgan fingerprint density at radius 1 is 1.06 bits per heavy atom. The maximum Gasteiger partial charge on any atom is 0.326 e. The van der Waals surface area contributed by atoms with E-state index in [4.69, 9.17) is 11.5 Å². The second kappa shape index (κ2) is 14.5. The van der Waals surface area contributed by atoms with Crippen molar-refractivity contribution >= 4 is 36.3 Å². The fourth-order valence-electron chi connectivity index (χ4n) is 2.89. The molecule has 3 amide bonds. The van der Waals surface area contributed by atoms with Crippen LogP contribution in [-0.4, -0.2) is 75.2 Å². The van der Waals surface area contributed by atoms with Crippen LogP contribution in [-0.2, 0) is 25.6 Å². The fraction of sp³-hybridized carbons (Fsp3) is 0.650. The first kappa shape index (κ1) is 28.4. The Bertz CT molecular complexity index is 775. The van der Waals surface area contributed by atoms with Crippen LogP contribution in [0.5, 0.6) is 0 Å². The van der Waals surface area contributed by atoms with Gasteiger partial charge in [-0.1, -0.05) is 13.8 Å². The molecule has 0 saturated carbocycles. The quantitative estimate of drug-likeness (QED) is 0.108. The number of carboxylic acids is 1. The fourth-order valence-corrected chi connectivity index (χ4v) is 3.14. The van der Waals surface area contributed by atoms with Crippen molar-refractivity contribution in [2.45, 2.75) is 63.7 Å². The Labute approximate surface area is 198 Å². The van der Waals surface area contributed by atoms with E-state index in [2.05, 4.69) is 38.5 Å². The molecular weight excluding hydrogens is 450 g/mol. The predicted molar refractivity (Wildman–Crippen MR) is 125 cm³/mol. The van der Waals surface area contributed by atoms with Crippen LogP contribution in [0.15, 0.2) is 12.5 Å². The minimum absolute atomic E-state index is 0.0804. The number of aromatic amines is 1. The van der Waals surface area contributed by atoms with Gasteiger partial charge in [-0.3, -0.25) is 14.4 Å². The Balaban J connectivity index is 2.88. The molecule has 33 heavy (non-hydrogen) atoms. The molecule has 1 heterocycles. The molecule has 12 nitrogen and oxygen atoms in total. The number of nitrogens with two attached hydrogens (primary N) is 2. The average molecular weight is 486 g/mol. The number of aromatic nitrogens is 2. The molecule has 0 spiro atoms. The van der Waals surface area contributed by atoms with E-state index >= 15 is 0 Å². The highest BCUT2D eigenvalue weighted by molar-refractivity contribution is 7.80. The van der Waals surface area contributed by atoms with Gasteiger partial charge in [-0.25, -0.2) is 9.78 Å². The molecule has 4 unspecified atom stereocenters. The Hall–Kier alpha value is -2.64. The first-order valence-electron chi connectivity index (χ1n) is 10.8. The third-order valence-electron chi connectivity index (χ3n) is 5.01. The summed E-state index contributed by atoms with van der Waals surface area (Å²) < 4.78 is 0. The molecule has 9 N–H and O–H groups in total. The summed E-state index contributed by atoms with van der Waals surface area (Å²) in [5.41, 5.74) is 11.9. The lowest BCUT2D eigenvalue weighted by atomic mass is 10.0. The topological polar surface area (TPSA) is 205 Å². The van der Waals surface area contributed by atoms with Crippen molar-refractivity contribution in [3.8, 4) is 0 Å². The number of amides is 3. The monoisotopic (exact) mass is 485 g/mol. The van der Waals surface area contributed by atoms with Gasteiger partial charge in [0.15, 0.2) is 0 Å². The summed E-state index contributed by atoms with van der Waals surface area (Å²) in [6.45, 7) is 3.98. The number of aliphatic carboxylic acids is 1. The highest BCUT2D eigenvalue weighted by Gasteiger charge is 2.30. The van der Waals surface area contributed by atoms with Gasteiger partial charge in [0.05, 0.1) is 12.4 Å². The molecule has 0 aliphatic rings. The Kier molecular flexibility index (Phi) is 12.5. The zero-order valence-electron chi connectivity index (χ0n) is 18.9. The number of thiol groups is 1. The van der Waals surface area contributed by atoms with E-state index in [0.717, 1.165) is 0 Å². The number of H-pyrrole nitrogens is 1. The van der Waals surface area contributed by atoms with Gasteiger partial charge < -0.3 is 37.5 Å². The normalized spacial score (nSPS) is 14.7. The number of carbonyl (C=O) groups excluding carboxylic acids is 3. The van der Waals surface area contributed by atoms with Crippen molar-refractivity contribution in [1.29, 1.82) is 0 Å². The second-order valence-electron chi connectivity index (χ2n) is 8.04. The van der Waals surface area contributed by atoms with Crippen LogP contribution in [0.1, 0.15) is 38.8 Å². The van der Waals surface area contributed by atoms with Crippen molar-refractivity contribution in [1.82, 2.24) is 25.9 Å². The second-order valence-corrected chi connectivity index (χ2v) is 8.40. The number of imidazole rings is 1. The minimum atomic E-state index is -1.18. The molecular formula is C20H35N7O5S. The number of nitrogens with one attached hydrogen (secondary N) is 4. The van der Waals surface area contributed by atoms with Crippen LogP contribution in [0.4, 0.5) is 0 Å². The van der Waals surface area contributed by atoms with Gasteiger partial charge in [-0.2, -0.15) is 12.6 Å². The van der Waals surface area contributed by atoms with Crippen LogP contribution in [0.3, 0.4) is 0 Å². The van der Waals surface area contributed by atoms with Gasteiger partial charge in [0.2, 0.25) is 17.7 Å². The highest BCUT2D eigenvalue weighted by atomic mass is 32.1. The number of carboxylic acid groups (broad SMARTS) is 1. The summed E-state index contributed by atoms with van der Waals surface area (Å²) in [6, 6.07) is -4.10. The first-order valence-corrected chi connectivity index (χ1v) is 11.4. The lowest BCUT2D eigenvalue weighted by molar-refractivity contribution is -0.142. The van der Waals surface area contributed by atoms with E-state index in [1.165, 1.54) is 12.5 Å². The first-order chi connectivity index (χ1) is 15.6. The number of nitrogens with zero attached hydrogens (tertiary/aromatic N) is 1. The summed E-state index contributed by atoms with van der Waals surface area (Å²) in [6.07, 6.45) is 4.39. The summed E-state index contributed by atoms with van der Waals surface area (Å²) in [4.78, 5) is 56.3. The van der Waals surface area contributed by atoms with Crippen molar-refractivity contribution in [3.63, 3.8) is 0 Å². The van der Waals surface area contributed by atoms with Gasteiger partial charge in [-0.15, -0.1) is 0 Å². The van der Waals surface area contributed by atoms with E-state index < -0.39 is 47.9 Å². The maximum absolute atomic E-state index is 13.0. The van der Waals surface area contributed by atoms with E-state index in [1.54, 1.807) is 13.8 Å². The lowest BCUT2D eigenvalue weighted by Crippen LogP contribution is -2.58. The van der Waals surface area contributed by atoms with E-state index in [1.807, 2.05) is 0 Å². The molecule has 0 saturated heterocycles. The molecule has 0 bridgehead atoms. The molecule has 0 fully saturated rings. The van der Waals surface area contributed by atoms with E-state index in [0.29, 0.717) is 25.1 Å². The lowest BCUT2D eigenvalue weighted by Gasteiger charge is -2.25. The maximum atomic E-state index is 13.0. The van der Waals surface area contributed by atoms with Crippen LogP contribution in [0.25, 0.3) is 0 Å². The summed E-state index contributed by atoms with van der Waals surface area (Å²) in [5, 5.41) is 16.9. The third-order valence-corrected chi connectivity index (χ3v) is 5.38. The van der Waals surface area contributed by atoms with Crippen LogP contribution in [0, 0.1) is 5.92 Å². The summed E-state index contributed by atoms with van der Waals surface area (Å²) in [7, 11) is 0. The number of unbranched alkanes of at least 4 members (excludes halogenated alkanes) is 1. The van der Waals surface area contributed by atoms with Crippen LogP contribution < -0.4 is 27.4 Å². The molecule has 0 aromatic carbocycles. The molecule has 0 radical (unpaired) electrons. The van der Waals surface area contributed by atoms with Gasteiger partial charge in [0.1, 0.15) is 18.1 Å². The third kappa shape index (κ3) is 9.80. The summed E-state index contributed by atoms with van der Waals surface area (Å²) in [5.74, 6) is -3.26. The van der Waals surface area contributed by atoms with Crippen LogP contribution >= 0.6 is 12.6 Å². The molecule has 0 aliphatic heterocycles. The van der Waals surface area contributed by atoms with Gasteiger partial charge in [0, 0.05) is 24.1 Å². The van der Waals surface area contributed by atoms with E-state index in [9.17, 15) is 24.3 Å². The summed E-state index contributed by atoms with van der Waals surface area (Å²) >= 11 is 4.11. The van der Waals surface area contributed by atoms with Crippen LogP contribution in [0.2, 0.25) is 0 Å². The average Bonchev–Trinajstić information content (AvgIpc) is 3.28. The Morgan fingerprint density at radius 3 is 2.18 bits per heavy atom. The molecule has 1 aromatic rings. The van der Waals surface area contributed by atoms with Gasteiger partial charge in [0.25, 0.3) is 0 Å². The van der Waals surface area contributed by atoms with Crippen molar-refractivity contribution in [3.05, 3.63) is 18.2 Å². The standard InChI is InChI=1S/C20H35N7O5S/c1-11(2)16(22)19(30)26-14(7-12-8-23-10-24-12)17(28)27-15(9-33)18(29)25-13(20(31)32)5-3-4-6-21/h8,10-11,13-16,33H,3-7,9,21-22H2,1-2H3,(H,23,24)(H,25,29)(H,26,30)(H,27,28)(H,31,32). The molecule has 1 rings (SSSR count). The zero-order chi connectivity index (χ0) is 25.0. The van der Waals surface area contributed by atoms with Crippen molar-refractivity contribution in [2.24, 2.45) is 17.4 Å². The minimum Gasteiger partial charge on any atom is -0.480 e. The molecule has 1 aromatic heterocycles. The molecule has 186 valence electrons. The number of rotatable bonds is 15. The van der Waals surface area contributed by atoms with Crippen molar-refractivity contribution in [2.75, 3.05) is 12.3 Å². The SMILES string of the molecule is CC(C)C(N)C(=O)NC(Cc1cnc[nH]1)C(=O)NC(CS)C(=O)NC(CCCCN)C(=O)O. The molecule has 0 aliphatic carbocycles. The number of hydrogen-bond donors (Lipinski definition) is 8. The highest BCUT2D eigenvalue weighted by Crippen LogP contribution is 2.05.